The van der Waals surface area contributed by atoms with Gasteiger partial charge in [0.1, 0.15) is 29.3 Å². The molecule has 166 valence electrons. The number of benzene rings is 1. The van der Waals surface area contributed by atoms with Gasteiger partial charge < -0.3 is 20.0 Å². The van der Waals surface area contributed by atoms with Crippen LogP contribution in [0.25, 0.3) is 11.2 Å². The first-order valence-corrected chi connectivity index (χ1v) is 9.94. The number of rotatable bonds is 7. The second kappa shape index (κ2) is 8.88. The fraction of sp³-hybridized carbons (Fsp3) is 0.182. The Kier molecular flexibility index (Phi) is 5.82. The first-order chi connectivity index (χ1) is 15.9. The van der Waals surface area contributed by atoms with Crippen molar-refractivity contribution < 1.29 is 13.6 Å². The van der Waals surface area contributed by atoms with Crippen LogP contribution in [0.3, 0.4) is 0 Å². The Morgan fingerprint density at radius 1 is 1.36 bits per heavy atom. The number of hydrogen-bond donors (Lipinski definition) is 4. The van der Waals surface area contributed by atoms with Gasteiger partial charge in [0.2, 0.25) is 5.89 Å². The van der Waals surface area contributed by atoms with Crippen molar-refractivity contribution in [1.82, 2.24) is 25.3 Å². The van der Waals surface area contributed by atoms with Crippen LogP contribution in [0.1, 0.15) is 46.2 Å². The lowest BCUT2D eigenvalue weighted by Gasteiger charge is -2.11. The molecule has 0 saturated heterocycles. The fourth-order valence-electron chi connectivity index (χ4n) is 3.28. The van der Waals surface area contributed by atoms with E-state index in [1.807, 2.05) is 6.07 Å². The topological polar surface area (TPSA) is 156 Å². The van der Waals surface area contributed by atoms with Gasteiger partial charge in [0.15, 0.2) is 5.65 Å². The van der Waals surface area contributed by atoms with E-state index >= 15 is 0 Å². The number of amides is 1. The summed E-state index contributed by atoms with van der Waals surface area (Å²) in [5.41, 5.74) is 2.51. The molecule has 0 spiro atoms. The summed E-state index contributed by atoms with van der Waals surface area (Å²) in [5, 5.41) is 22.9. The second-order valence-corrected chi connectivity index (χ2v) is 7.18. The van der Waals surface area contributed by atoms with Crippen LogP contribution in [-0.2, 0) is 6.42 Å². The number of nitrogens with zero attached hydrogens (tertiary/aromatic N) is 4. The molecule has 10 nitrogen and oxygen atoms in total. The lowest BCUT2D eigenvalue weighted by Crippen LogP contribution is -2.27. The molecule has 0 fully saturated rings. The molecule has 1 aromatic carbocycles. The summed E-state index contributed by atoms with van der Waals surface area (Å²) in [4.78, 5) is 28.7. The van der Waals surface area contributed by atoms with Crippen molar-refractivity contribution >= 4 is 28.5 Å². The highest BCUT2D eigenvalue weighted by atomic mass is 19.1. The van der Waals surface area contributed by atoms with Gasteiger partial charge in [-0.15, -0.1) is 0 Å². The van der Waals surface area contributed by atoms with Crippen molar-refractivity contribution in [2.24, 2.45) is 0 Å². The van der Waals surface area contributed by atoms with E-state index in [4.69, 9.17) is 15.1 Å². The summed E-state index contributed by atoms with van der Waals surface area (Å²) < 4.78 is 18.9. The molecule has 0 aliphatic carbocycles. The molecule has 0 radical (unpaired) electrons. The summed E-state index contributed by atoms with van der Waals surface area (Å²) in [6.07, 6.45) is 4.39. The van der Waals surface area contributed by atoms with E-state index in [2.05, 4.69) is 30.6 Å². The van der Waals surface area contributed by atoms with Gasteiger partial charge in [-0.3, -0.25) is 10.2 Å². The molecule has 0 bridgehead atoms. The van der Waals surface area contributed by atoms with Gasteiger partial charge in [-0.05, 0) is 25.1 Å². The number of anilines is 1. The van der Waals surface area contributed by atoms with E-state index in [-0.39, 0.29) is 34.8 Å². The predicted molar refractivity (Wildman–Crippen MR) is 117 cm³/mol. The zero-order chi connectivity index (χ0) is 23.5. The Bertz CT molecular complexity index is 1400. The number of nitriles is 1. The van der Waals surface area contributed by atoms with Crippen molar-refractivity contribution in [3.8, 4) is 6.07 Å². The highest BCUT2D eigenvalue weighted by molar-refractivity contribution is 6.14. The third-order valence-corrected chi connectivity index (χ3v) is 4.95. The quantitative estimate of drug-likeness (QED) is 0.318. The fourth-order valence-corrected chi connectivity index (χ4v) is 3.28. The largest absolute Gasteiger partial charge is 0.446 e. The normalized spacial score (nSPS) is 11.7. The summed E-state index contributed by atoms with van der Waals surface area (Å²) in [7, 11) is 1.63. The van der Waals surface area contributed by atoms with Crippen molar-refractivity contribution in [1.29, 1.82) is 10.7 Å². The third-order valence-electron chi connectivity index (χ3n) is 4.95. The Morgan fingerprint density at radius 2 is 2.18 bits per heavy atom. The maximum atomic E-state index is 13.6. The molecule has 4 N–H and O–H groups in total. The van der Waals surface area contributed by atoms with Gasteiger partial charge in [-0.1, -0.05) is 0 Å². The van der Waals surface area contributed by atoms with E-state index in [0.717, 1.165) is 0 Å². The number of carbonyl (C=O) groups is 1. The predicted octanol–water partition coefficient (Wildman–Crippen LogP) is 3.10. The molecule has 0 saturated carbocycles. The van der Waals surface area contributed by atoms with Crippen LogP contribution in [0.5, 0.6) is 0 Å². The number of aromatic nitrogens is 4. The molecule has 1 amide bonds. The van der Waals surface area contributed by atoms with Crippen molar-refractivity contribution in [2.75, 3.05) is 12.4 Å². The molecule has 4 rings (SSSR count). The number of hydrogen-bond acceptors (Lipinski definition) is 8. The van der Waals surface area contributed by atoms with Gasteiger partial charge in [0, 0.05) is 24.5 Å². The number of aromatic amines is 1. The highest BCUT2D eigenvalue weighted by Gasteiger charge is 2.21. The Balaban J connectivity index is 1.61. The average molecular weight is 446 g/mol. The number of fused-ring (bicyclic) bond motifs is 1. The van der Waals surface area contributed by atoms with Crippen LogP contribution in [0.4, 0.5) is 10.1 Å². The molecule has 3 heterocycles. The summed E-state index contributed by atoms with van der Waals surface area (Å²) in [5.74, 6) is -0.593. The Labute approximate surface area is 187 Å². The summed E-state index contributed by atoms with van der Waals surface area (Å²) >= 11 is 0. The summed E-state index contributed by atoms with van der Waals surface area (Å²) in [6, 6.07) is 5.47. The Hall–Kier alpha value is -4.59. The number of carbonyl (C=O) groups excluding carboxylic acids is 1. The Morgan fingerprint density at radius 3 is 2.94 bits per heavy atom. The average Bonchev–Trinajstić information content (AvgIpc) is 3.45. The van der Waals surface area contributed by atoms with E-state index in [1.165, 1.54) is 36.9 Å². The first kappa shape index (κ1) is 21.6. The highest BCUT2D eigenvalue weighted by Crippen LogP contribution is 2.22. The third kappa shape index (κ3) is 4.27. The molecule has 1 atom stereocenters. The van der Waals surface area contributed by atoms with Crippen LogP contribution >= 0.6 is 0 Å². The number of oxazole rings is 1. The number of nitrogens with one attached hydrogen (secondary N) is 4. The molecule has 0 aliphatic heterocycles. The lowest BCUT2D eigenvalue weighted by atomic mass is 10.1. The minimum absolute atomic E-state index is 0.0273. The first-order valence-electron chi connectivity index (χ1n) is 9.94. The van der Waals surface area contributed by atoms with Crippen LogP contribution in [-0.4, -0.2) is 38.6 Å². The lowest BCUT2D eigenvalue weighted by molar-refractivity contribution is 0.0935. The van der Waals surface area contributed by atoms with E-state index < -0.39 is 17.8 Å². The zero-order valence-electron chi connectivity index (χ0n) is 17.7. The van der Waals surface area contributed by atoms with Crippen LogP contribution < -0.4 is 10.6 Å². The molecular weight excluding hydrogens is 427 g/mol. The van der Waals surface area contributed by atoms with Gasteiger partial charge >= 0.3 is 0 Å². The molecule has 33 heavy (non-hydrogen) atoms. The van der Waals surface area contributed by atoms with E-state index in [9.17, 15) is 9.18 Å². The molecule has 3 aromatic heterocycles. The smallest absolute Gasteiger partial charge is 0.255 e. The molecule has 0 aliphatic rings. The van der Waals surface area contributed by atoms with Crippen LogP contribution in [0.2, 0.25) is 0 Å². The van der Waals surface area contributed by atoms with Crippen molar-refractivity contribution in [3.63, 3.8) is 0 Å². The SMILES string of the molecule is CNc1cc(F)ccc1C(=N)c1cnc2[nH]cc(C(=O)N[C@H](C)c3nc(CC#N)co3)c2n1. The van der Waals surface area contributed by atoms with Crippen molar-refractivity contribution in [2.45, 2.75) is 19.4 Å². The van der Waals surface area contributed by atoms with E-state index in [0.29, 0.717) is 22.6 Å². The van der Waals surface area contributed by atoms with Gasteiger partial charge in [-0.25, -0.2) is 19.3 Å². The molecule has 0 unspecified atom stereocenters. The molecule has 11 heteroatoms. The maximum absolute atomic E-state index is 13.6. The van der Waals surface area contributed by atoms with Gasteiger partial charge in [0.25, 0.3) is 5.91 Å². The molecular formula is C22H19FN8O2. The minimum Gasteiger partial charge on any atom is -0.446 e. The van der Waals surface area contributed by atoms with E-state index in [1.54, 1.807) is 14.0 Å². The second-order valence-electron chi connectivity index (χ2n) is 7.18. The zero-order valence-corrected chi connectivity index (χ0v) is 17.7. The number of H-pyrrole nitrogens is 1. The van der Waals surface area contributed by atoms with Gasteiger partial charge in [-0.2, -0.15) is 5.26 Å². The monoisotopic (exact) mass is 446 g/mol. The molecule has 4 aromatic rings. The van der Waals surface area contributed by atoms with Gasteiger partial charge in [0.05, 0.1) is 35.7 Å². The van der Waals surface area contributed by atoms with Crippen LogP contribution in [0.15, 0.2) is 41.3 Å². The summed E-state index contributed by atoms with van der Waals surface area (Å²) in [6.45, 7) is 1.70. The standard InChI is InChI=1S/C22H19FN8O2/c1-11(22-30-13(5-6-24)10-33-22)29-21(32)15-8-27-20-19(15)31-17(9-28-20)18(25)14-4-3-12(23)7-16(14)26-2/h3-4,7-11,25-26H,5H2,1-2H3,(H,27,28)(H,29,32)/t11-/m1/s1. The van der Waals surface area contributed by atoms with Crippen LogP contribution in [0, 0.1) is 22.6 Å². The van der Waals surface area contributed by atoms with Crippen molar-refractivity contribution in [3.05, 3.63) is 71.1 Å². The maximum Gasteiger partial charge on any atom is 0.255 e. The number of halogens is 1. The minimum atomic E-state index is -0.554.